The van der Waals surface area contributed by atoms with Crippen molar-refractivity contribution in [3.63, 3.8) is 0 Å². The van der Waals surface area contributed by atoms with Crippen LogP contribution in [-0.4, -0.2) is 23.9 Å². The standard InChI is InChI=1S/C26H30N4S/c1-27-18-8-7-9-22(27)15-12-21-13-16-23(17-14-21)28(2)19-20-31-26-29(3)24-10-5-6-11-25(24)30(26)4/h5-18H,19-20H2,1-4H3/q+2. The van der Waals surface area contributed by atoms with Crippen LogP contribution < -0.4 is 14.0 Å². The van der Waals surface area contributed by atoms with Gasteiger partial charge in [0.2, 0.25) is 5.69 Å². The molecule has 31 heavy (non-hydrogen) atoms. The van der Waals surface area contributed by atoms with Crippen LogP contribution in [0.15, 0.2) is 78.1 Å². The molecule has 0 bridgehead atoms. The Balaban J connectivity index is 1.36. The number of imidazole rings is 1. The molecule has 4 rings (SSSR count). The molecule has 4 nitrogen and oxygen atoms in total. The van der Waals surface area contributed by atoms with Crippen molar-refractivity contribution >= 4 is 40.6 Å². The number of aryl methyl sites for hydroxylation is 3. The second kappa shape index (κ2) is 9.40. The number of thioether (sulfide) groups is 1. The van der Waals surface area contributed by atoms with Crippen LogP contribution in [0.3, 0.4) is 0 Å². The second-order valence-corrected chi connectivity index (χ2v) is 8.88. The summed E-state index contributed by atoms with van der Waals surface area (Å²) in [5.41, 5.74) is 6.17. The van der Waals surface area contributed by atoms with Gasteiger partial charge in [-0.3, -0.25) is 0 Å². The molecule has 2 heterocycles. The van der Waals surface area contributed by atoms with E-state index in [-0.39, 0.29) is 0 Å². The zero-order chi connectivity index (χ0) is 21.8. The summed E-state index contributed by atoms with van der Waals surface area (Å²) in [7, 11) is 8.52. The number of rotatable bonds is 7. The van der Waals surface area contributed by atoms with E-state index in [0.717, 1.165) is 12.3 Å². The lowest BCUT2D eigenvalue weighted by molar-refractivity contribution is -0.685. The number of hydrogen-bond acceptors (Lipinski definition) is 2. The summed E-state index contributed by atoms with van der Waals surface area (Å²) in [6, 6.07) is 23.5. The van der Waals surface area contributed by atoms with Gasteiger partial charge in [-0.05, 0) is 53.7 Å². The zero-order valence-corrected chi connectivity index (χ0v) is 19.5. The summed E-state index contributed by atoms with van der Waals surface area (Å²) in [6.07, 6.45) is 6.38. The molecule has 0 saturated heterocycles. The molecule has 158 valence electrons. The van der Waals surface area contributed by atoms with Gasteiger partial charge < -0.3 is 4.90 Å². The molecule has 0 fully saturated rings. The van der Waals surface area contributed by atoms with Gasteiger partial charge in [-0.15, -0.1) is 0 Å². The Hall–Kier alpha value is -3.05. The first-order valence-corrected chi connectivity index (χ1v) is 11.5. The Kier molecular flexibility index (Phi) is 6.42. The third kappa shape index (κ3) is 4.67. The van der Waals surface area contributed by atoms with E-state index >= 15 is 0 Å². The van der Waals surface area contributed by atoms with Crippen LogP contribution in [0.2, 0.25) is 0 Å². The highest BCUT2D eigenvalue weighted by molar-refractivity contribution is 7.99. The molecule has 0 spiro atoms. The average Bonchev–Trinajstić information content (AvgIpc) is 3.04. The first-order valence-electron chi connectivity index (χ1n) is 10.5. The summed E-state index contributed by atoms with van der Waals surface area (Å²) < 4.78 is 6.69. The number of hydrogen-bond donors (Lipinski definition) is 0. The molecule has 0 aliphatic rings. The van der Waals surface area contributed by atoms with Crippen molar-refractivity contribution in [3.05, 3.63) is 84.2 Å². The van der Waals surface area contributed by atoms with Crippen LogP contribution in [0.4, 0.5) is 5.69 Å². The van der Waals surface area contributed by atoms with Crippen molar-refractivity contribution < 1.29 is 9.13 Å². The summed E-state index contributed by atoms with van der Waals surface area (Å²) in [6.45, 7) is 0.987. The smallest absolute Gasteiger partial charge is 0.318 e. The Labute approximate surface area is 189 Å². The Bertz CT molecular complexity index is 1170. The molecule has 4 aromatic rings. The Morgan fingerprint density at radius 2 is 1.68 bits per heavy atom. The van der Waals surface area contributed by atoms with E-state index in [9.17, 15) is 0 Å². The molecule has 2 aromatic heterocycles. The maximum absolute atomic E-state index is 2.32. The molecule has 0 aliphatic carbocycles. The number of anilines is 1. The minimum atomic E-state index is 0.987. The SMILES string of the molecule is CN(CCSc1n(C)c2ccccc2[n+]1C)c1ccc(/C=C/c2cccc[n+]2C)cc1. The Morgan fingerprint density at radius 1 is 0.935 bits per heavy atom. The molecule has 5 heteroatoms. The maximum atomic E-state index is 2.32. The fraction of sp³-hybridized carbons (Fsp3) is 0.231. The third-order valence-corrected chi connectivity index (χ3v) is 6.90. The van der Waals surface area contributed by atoms with Gasteiger partial charge >= 0.3 is 5.16 Å². The quantitative estimate of drug-likeness (QED) is 0.322. The highest BCUT2D eigenvalue weighted by Gasteiger charge is 2.19. The highest BCUT2D eigenvalue weighted by atomic mass is 32.2. The third-order valence-electron chi connectivity index (χ3n) is 5.71. The van der Waals surface area contributed by atoms with Crippen LogP contribution in [0.5, 0.6) is 0 Å². The van der Waals surface area contributed by atoms with Gasteiger partial charge in [0.25, 0.3) is 0 Å². The number of fused-ring (bicyclic) bond motifs is 1. The van der Waals surface area contributed by atoms with Gasteiger partial charge in [0.15, 0.2) is 17.2 Å². The second-order valence-electron chi connectivity index (χ2n) is 7.82. The first kappa shape index (κ1) is 21.2. The number of para-hydroxylation sites is 2. The molecular weight excluding hydrogens is 400 g/mol. The fourth-order valence-electron chi connectivity index (χ4n) is 3.79. The predicted octanol–water partition coefficient (Wildman–Crippen LogP) is 4.23. The van der Waals surface area contributed by atoms with Gasteiger partial charge in [0.1, 0.15) is 7.05 Å². The summed E-state index contributed by atoms with van der Waals surface area (Å²) in [5, 5.41) is 1.28. The van der Waals surface area contributed by atoms with Crippen molar-refractivity contribution in [1.29, 1.82) is 0 Å². The molecule has 0 radical (unpaired) electrons. The first-order chi connectivity index (χ1) is 15.0. The van der Waals surface area contributed by atoms with Crippen molar-refractivity contribution in [2.24, 2.45) is 21.1 Å². The number of benzene rings is 2. The van der Waals surface area contributed by atoms with Gasteiger partial charge in [-0.2, -0.15) is 0 Å². The topological polar surface area (TPSA) is 15.9 Å². The van der Waals surface area contributed by atoms with Crippen LogP contribution >= 0.6 is 11.8 Å². The van der Waals surface area contributed by atoms with Gasteiger partial charge in [0.05, 0.1) is 14.1 Å². The van der Waals surface area contributed by atoms with E-state index in [2.05, 4.69) is 126 Å². The number of nitrogens with zero attached hydrogens (tertiary/aromatic N) is 4. The average molecular weight is 431 g/mol. The molecular formula is C26H30N4S+2. The van der Waals surface area contributed by atoms with Crippen LogP contribution in [-0.2, 0) is 21.1 Å². The summed E-state index contributed by atoms with van der Waals surface area (Å²) in [4.78, 5) is 2.32. The fourth-order valence-corrected chi connectivity index (χ4v) is 4.92. The number of aromatic nitrogens is 3. The van der Waals surface area contributed by atoms with E-state index in [4.69, 9.17) is 0 Å². The predicted molar refractivity (Wildman–Crippen MR) is 131 cm³/mol. The minimum absolute atomic E-state index is 0.987. The minimum Gasteiger partial charge on any atom is -0.374 e. The van der Waals surface area contributed by atoms with Gasteiger partial charge in [-0.25, -0.2) is 13.7 Å². The summed E-state index contributed by atoms with van der Waals surface area (Å²) in [5.74, 6) is 1.03. The summed E-state index contributed by atoms with van der Waals surface area (Å²) >= 11 is 1.90. The van der Waals surface area contributed by atoms with Gasteiger partial charge in [0, 0.05) is 43.2 Å². The zero-order valence-electron chi connectivity index (χ0n) is 18.7. The van der Waals surface area contributed by atoms with Crippen molar-refractivity contribution in [3.8, 4) is 0 Å². The van der Waals surface area contributed by atoms with E-state index in [1.807, 2.05) is 17.8 Å². The van der Waals surface area contributed by atoms with E-state index in [1.54, 1.807) is 0 Å². The van der Waals surface area contributed by atoms with Crippen molar-refractivity contribution in [2.45, 2.75) is 5.16 Å². The molecule has 0 amide bonds. The van der Waals surface area contributed by atoms with Crippen LogP contribution in [0, 0.1) is 0 Å². The lowest BCUT2D eigenvalue weighted by atomic mass is 10.1. The van der Waals surface area contributed by atoms with Crippen LogP contribution in [0.25, 0.3) is 23.2 Å². The van der Waals surface area contributed by atoms with Gasteiger partial charge in [-0.1, -0.05) is 24.3 Å². The molecule has 0 N–H and O–H groups in total. The lowest BCUT2D eigenvalue weighted by Gasteiger charge is -2.18. The van der Waals surface area contributed by atoms with E-state index in [0.29, 0.717) is 0 Å². The molecule has 0 saturated carbocycles. The van der Waals surface area contributed by atoms with E-state index in [1.165, 1.54) is 33.1 Å². The maximum Gasteiger partial charge on any atom is 0.318 e. The Morgan fingerprint density at radius 3 is 2.42 bits per heavy atom. The van der Waals surface area contributed by atoms with Crippen molar-refractivity contribution in [2.75, 3.05) is 24.2 Å². The number of pyridine rings is 1. The normalized spacial score (nSPS) is 11.5. The van der Waals surface area contributed by atoms with Crippen LogP contribution in [0.1, 0.15) is 11.3 Å². The monoisotopic (exact) mass is 430 g/mol. The van der Waals surface area contributed by atoms with E-state index < -0.39 is 0 Å². The largest absolute Gasteiger partial charge is 0.374 e. The van der Waals surface area contributed by atoms with Crippen molar-refractivity contribution in [1.82, 2.24) is 4.57 Å². The molecule has 0 unspecified atom stereocenters. The lowest BCUT2D eigenvalue weighted by Crippen LogP contribution is -2.30. The molecule has 2 aromatic carbocycles. The molecule has 0 atom stereocenters. The molecule has 0 aliphatic heterocycles. The highest BCUT2D eigenvalue weighted by Crippen LogP contribution is 2.22.